The fourth-order valence-corrected chi connectivity index (χ4v) is 3.62. The van der Waals surface area contributed by atoms with Gasteiger partial charge < -0.3 is 9.32 Å². The Labute approximate surface area is 138 Å². The van der Waals surface area contributed by atoms with E-state index in [1.807, 2.05) is 41.5 Å². The van der Waals surface area contributed by atoms with Crippen LogP contribution in [0.4, 0.5) is 0 Å². The standard InChI is InChI=1S/C18H16N2O2S/c1-12-6-7-16(22-12)17-19-15(11-23-17)18(21)20-9-8-13-4-2-3-5-14(13)10-20/h2-7,11H,8-10H2,1H3. The SMILES string of the molecule is Cc1ccc(-c2nc(C(=O)N3CCc4ccccc4C3)cs2)o1. The van der Waals surface area contributed by atoms with Gasteiger partial charge in [-0.25, -0.2) is 4.98 Å². The van der Waals surface area contributed by atoms with E-state index in [1.54, 1.807) is 0 Å². The smallest absolute Gasteiger partial charge is 0.273 e. The lowest BCUT2D eigenvalue weighted by molar-refractivity contribution is 0.0729. The van der Waals surface area contributed by atoms with E-state index in [0.717, 1.165) is 29.5 Å². The highest BCUT2D eigenvalue weighted by Crippen LogP contribution is 2.27. The fraction of sp³-hybridized carbons (Fsp3) is 0.222. The number of rotatable bonds is 2. The topological polar surface area (TPSA) is 46.3 Å². The molecule has 0 atom stereocenters. The second kappa shape index (κ2) is 5.66. The highest BCUT2D eigenvalue weighted by molar-refractivity contribution is 7.13. The van der Waals surface area contributed by atoms with Gasteiger partial charge >= 0.3 is 0 Å². The van der Waals surface area contributed by atoms with Crippen LogP contribution in [0.3, 0.4) is 0 Å². The summed E-state index contributed by atoms with van der Waals surface area (Å²) in [5.74, 6) is 1.55. The summed E-state index contributed by atoms with van der Waals surface area (Å²) in [5, 5.41) is 2.56. The van der Waals surface area contributed by atoms with E-state index in [1.165, 1.54) is 22.5 Å². The predicted molar refractivity (Wildman–Crippen MR) is 89.4 cm³/mol. The Bertz CT molecular complexity index is 865. The first-order valence-corrected chi connectivity index (χ1v) is 8.47. The molecule has 0 radical (unpaired) electrons. The molecule has 0 saturated heterocycles. The first kappa shape index (κ1) is 14.2. The number of nitrogens with zero attached hydrogens (tertiary/aromatic N) is 2. The van der Waals surface area contributed by atoms with Crippen LogP contribution in [0.15, 0.2) is 46.2 Å². The van der Waals surface area contributed by atoms with Crippen molar-refractivity contribution in [2.75, 3.05) is 6.54 Å². The van der Waals surface area contributed by atoms with Crippen molar-refractivity contribution in [2.45, 2.75) is 19.9 Å². The minimum absolute atomic E-state index is 0.00900. The molecule has 3 heterocycles. The van der Waals surface area contributed by atoms with Crippen LogP contribution in [0.1, 0.15) is 27.4 Å². The van der Waals surface area contributed by atoms with Gasteiger partial charge in [-0.15, -0.1) is 11.3 Å². The molecule has 1 aliphatic rings. The molecule has 0 aliphatic carbocycles. The summed E-state index contributed by atoms with van der Waals surface area (Å²) in [5.41, 5.74) is 3.06. The lowest BCUT2D eigenvalue weighted by Crippen LogP contribution is -2.36. The van der Waals surface area contributed by atoms with E-state index >= 15 is 0 Å². The average molecular weight is 324 g/mol. The van der Waals surface area contributed by atoms with Crippen molar-refractivity contribution in [3.8, 4) is 10.8 Å². The molecule has 4 nitrogen and oxygen atoms in total. The molecule has 0 spiro atoms. The zero-order valence-corrected chi connectivity index (χ0v) is 13.6. The molecule has 0 unspecified atom stereocenters. The third kappa shape index (κ3) is 2.68. The molecule has 0 saturated carbocycles. The number of furan rings is 1. The van der Waals surface area contributed by atoms with Crippen molar-refractivity contribution < 1.29 is 9.21 Å². The predicted octanol–water partition coefficient (Wildman–Crippen LogP) is 3.91. The van der Waals surface area contributed by atoms with E-state index in [-0.39, 0.29) is 5.91 Å². The largest absolute Gasteiger partial charge is 0.459 e. The van der Waals surface area contributed by atoms with Crippen LogP contribution in [0.2, 0.25) is 0 Å². The molecule has 3 aromatic rings. The zero-order valence-electron chi connectivity index (χ0n) is 12.8. The van der Waals surface area contributed by atoms with Crippen molar-refractivity contribution in [3.63, 3.8) is 0 Å². The molecular formula is C18H16N2O2S. The highest BCUT2D eigenvalue weighted by atomic mass is 32.1. The van der Waals surface area contributed by atoms with Crippen LogP contribution in [0, 0.1) is 6.92 Å². The zero-order chi connectivity index (χ0) is 15.8. The van der Waals surface area contributed by atoms with Gasteiger partial charge in [0.1, 0.15) is 11.5 Å². The van der Waals surface area contributed by atoms with Crippen molar-refractivity contribution in [2.24, 2.45) is 0 Å². The number of carbonyl (C=O) groups is 1. The maximum Gasteiger partial charge on any atom is 0.273 e. The van der Waals surface area contributed by atoms with E-state index < -0.39 is 0 Å². The lowest BCUT2D eigenvalue weighted by Gasteiger charge is -2.28. The number of benzene rings is 1. The average Bonchev–Trinajstić information content (AvgIpc) is 3.22. The van der Waals surface area contributed by atoms with Gasteiger partial charge in [0.25, 0.3) is 5.91 Å². The van der Waals surface area contributed by atoms with Gasteiger partial charge in [0, 0.05) is 18.5 Å². The molecule has 0 N–H and O–H groups in total. The van der Waals surface area contributed by atoms with Gasteiger partial charge in [-0.05, 0) is 36.6 Å². The van der Waals surface area contributed by atoms with Crippen molar-refractivity contribution in [3.05, 3.63) is 64.4 Å². The Hall–Kier alpha value is -2.40. The molecule has 2 aromatic heterocycles. The summed E-state index contributed by atoms with van der Waals surface area (Å²) in [6.45, 7) is 3.29. The Morgan fingerprint density at radius 1 is 1.22 bits per heavy atom. The molecule has 5 heteroatoms. The molecule has 1 aliphatic heterocycles. The number of amides is 1. The minimum atomic E-state index is -0.00900. The number of hydrogen-bond acceptors (Lipinski definition) is 4. The summed E-state index contributed by atoms with van der Waals surface area (Å²) < 4.78 is 5.58. The third-order valence-corrected chi connectivity index (χ3v) is 4.95. The maximum atomic E-state index is 12.7. The summed E-state index contributed by atoms with van der Waals surface area (Å²) in [6, 6.07) is 12.1. The maximum absolute atomic E-state index is 12.7. The van der Waals surface area contributed by atoms with E-state index in [4.69, 9.17) is 4.42 Å². The van der Waals surface area contributed by atoms with Gasteiger partial charge in [-0.2, -0.15) is 0 Å². The molecule has 116 valence electrons. The van der Waals surface area contributed by atoms with Gasteiger partial charge in [0.2, 0.25) is 0 Å². The fourth-order valence-electron chi connectivity index (χ4n) is 2.87. The number of carbonyl (C=O) groups excluding carboxylic acids is 1. The lowest BCUT2D eigenvalue weighted by atomic mass is 10.00. The summed E-state index contributed by atoms with van der Waals surface area (Å²) in [4.78, 5) is 19.0. The molecule has 1 amide bonds. The number of thiazole rings is 1. The number of aryl methyl sites for hydroxylation is 1. The number of fused-ring (bicyclic) bond motifs is 1. The van der Waals surface area contributed by atoms with Gasteiger partial charge in [0.15, 0.2) is 10.8 Å². The normalized spacial score (nSPS) is 13.9. The first-order chi connectivity index (χ1) is 11.2. The van der Waals surface area contributed by atoms with E-state index in [9.17, 15) is 4.79 Å². The van der Waals surface area contributed by atoms with Gasteiger partial charge in [-0.1, -0.05) is 24.3 Å². The van der Waals surface area contributed by atoms with Crippen molar-refractivity contribution in [1.29, 1.82) is 0 Å². The third-order valence-electron chi connectivity index (χ3n) is 4.09. The number of hydrogen-bond donors (Lipinski definition) is 0. The van der Waals surface area contributed by atoms with Crippen molar-refractivity contribution in [1.82, 2.24) is 9.88 Å². The molecule has 0 fully saturated rings. The Kier molecular flexibility index (Phi) is 3.50. The Morgan fingerprint density at radius 3 is 2.83 bits per heavy atom. The molecule has 4 rings (SSSR count). The summed E-state index contributed by atoms with van der Waals surface area (Å²) in [6.07, 6.45) is 0.899. The molecule has 1 aromatic carbocycles. The Balaban J connectivity index is 1.55. The molecule has 23 heavy (non-hydrogen) atoms. The Morgan fingerprint density at radius 2 is 2.04 bits per heavy atom. The molecule has 0 bridgehead atoms. The van der Waals surface area contributed by atoms with Crippen LogP contribution in [0.25, 0.3) is 10.8 Å². The van der Waals surface area contributed by atoms with Gasteiger partial charge in [-0.3, -0.25) is 4.79 Å². The monoisotopic (exact) mass is 324 g/mol. The van der Waals surface area contributed by atoms with Gasteiger partial charge in [0.05, 0.1) is 0 Å². The summed E-state index contributed by atoms with van der Waals surface area (Å²) >= 11 is 1.44. The van der Waals surface area contributed by atoms with Crippen LogP contribution < -0.4 is 0 Å². The number of aromatic nitrogens is 1. The second-order valence-corrected chi connectivity index (χ2v) is 6.55. The second-order valence-electron chi connectivity index (χ2n) is 5.69. The summed E-state index contributed by atoms with van der Waals surface area (Å²) in [7, 11) is 0. The quantitative estimate of drug-likeness (QED) is 0.718. The first-order valence-electron chi connectivity index (χ1n) is 7.59. The minimum Gasteiger partial charge on any atom is -0.459 e. The van der Waals surface area contributed by atoms with E-state index in [0.29, 0.717) is 12.2 Å². The van der Waals surface area contributed by atoms with Crippen LogP contribution in [0.5, 0.6) is 0 Å². The van der Waals surface area contributed by atoms with Crippen LogP contribution >= 0.6 is 11.3 Å². The molecular weight excluding hydrogens is 308 g/mol. The van der Waals surface area contributed by atoms with Crippen LogP contribution in [-0.2, 0) is 13.0 Å². The van der Waals surface area contributed by atoms with Crippen molar-refractivity contribution >= 4 is 17.2 Å². The van der Waals surface area contributed by atoms with Crippen LogP contribution in [-0.4, -0.2) is 22.3 Å². The van der Waals surface area contributed by atoms with E-state index in [2.05, 4.69) is 17.1 Å². The highest BCUT2D eigenvalue weighted by Gasteiger charge is 2.23.